The Balaban J connectivity index is 1.95. The van der Waals surface area contributed by atoms with Gasteiger partial charge >= 0.3 is 5.97 Å². The van der Waals surface area contributed by atoms with Crippen LogP contribution < -0.4 is 0 Å². The molecular weight excluding hydrogens is 442 g/mol. The van der Waals surface area contributed by atoms with E-state index in [-0.39, 0.29) is 0 Å². The zero-order valence-electron chi connectivity index (χ0n) is 20.5. The largest absolute Gasteiger partial charge is 0.331 e. The molecule has 3 heteroatoms. The van der Waals surface area contributed by atoms with Crippen molar-refractivity contribution in [3.05, 3.63) is 156 Å². The van der Waals surface area contributed by atoms with Crippen LogP contribution in [0, 0.1) is 5.41 Å². The van der Waals surface area contributed by atoms with Crippen LogP contribution in [-0.2, 0) is 9.63 Å². The van der Waals surface area contributed by atoms with Crippen LogP contribution in [0.5, 0.6) is 0 Å². The van der Waals surface area contributed by atoms with E-state index in [2.05, 4.69) is 72.8 Å². The third-order valence-electron chi connectivity index (χ3n) is 5.76. The van der Waals surface area contributed by atoms with Gasteiger partial charge in [0.1, 0.15) is 0 Å². The molecule has 178 valence electrons. The van der Waals surface area contributed by atoms with Crippen molar-refractivity contribution < 1.29 is 9.63 Å². The van der Waals surface area contributed by atoms with Crippen molar-refractivity contribution in [3.8, 4) is 0 Å². The molecule has 0 aromatic heterocycles. The van der Waals surface area contributed by atoms with Crippen LogP contribution in [0.3, 0.4) is 0 Å². The van der Waals surface area contributed by atoms with E-state index in [9.17, 15) is 4.79 Å². The van der Waals surface area contributed by atoms with Gasteiger partial charge in [-0.25, -0.2) is 4.79 Å². The smallest absolute Gasteiger partial charge is 0.319 e. The van der Waals surface area contributed by atoms with Crippen molar-refractivity contribution in [3.63, 3.8) is 0 Å². The van der Waals surface area contributed by atoms with Gasteiger partial charge in [-0.2, -0.15) is 0 Å². The molecule has 0 saturated carbocycles. The highest BCUT2D eigenvalue weighted by Crippen LogP contribution is 2.34. The molecule has 3 nitrogen and oxygen atoms in total. The van der Waals surface area contributed by atoms with Crippen molar-refractivity contribution in [1.29, 1.82) is 0 Å². The predicted octanol–water partition coefficient (Wildman–Crippen LogP) is 7.81. The molecule has 36 heavy (non-hydrogen) atoms. The third-order valence-corrected chi connectivity index (χ3v) is 5.76. The fourth-order valence-corrected chi connectivity index (χ4v) is 4.09. The normalized spacial score (nSPS) is 11.1. The molecule has 0 atom stereocenters. The number of benzene rings is 4. The number of carbonyl (C=O) groups excluding carboxylic acids is 1. The van der Waals surface area contributed by atoms with Crippen LogP contribution >= 0.6 is 0 Å². The molecule has 0 fully saturated rings. The average molecular weight is 472 g/mol. The average Bonchev–Trinajstić information content (AvgIpc) is 2.92. The van der Waals surface area contributed by atoms with E-state index >= 15 is 0 Å². The van der Waals surface area contributed by atoms with Crippen LogP contribution in [0.25, 0.3) is 11.1 Å². The van der Waals surface area contributed by atoms with Crippen LogP contribution in [0.15, 0.2) is 139 Å². The van der Waals surface area contributed by atoms with Crippen LogP contribution in [-0.4, -0.2) is 12.2 Å². The molecule has 0 unspecified atom stereocenters. The highest BCUT2D eigenvalue weighted by Gasteiger charge is 2.22. The minimum Gasteiger partial charge on any atom is -0.319 e. The lowest BCUT2D eigenvalue weighted by Crippen LogP contribution is -2.15. The summed E-state index contributed by atoms with van der Waals surface area (Å²) in [7, 11) is 0. The molecule has 0 N–H and O–H groups in total. The van der Waals surface area contributed by atoms with E-state index < -0.39 is 11.4 Å². The van der Waals surface area contributed by atoms with Crippen LogP contribution in [0.4, 0.5) is 0 Å². The Kier molecular flexibility index (Phi) is 8.05. The minimum atomic E-state index is -0.697. The summed E-state index contributed by atoms with van der Waals surface area (Å²) in [5.41, 5.74) is 5.78. The van der Waals surface area contributed by atoms with Gasteiger partial charge in [-0.15, -0.1) is 0 Å². The number of hydrogen-bond acceptors (Lipinski definition) is 3. The highest BCUT2D eigenvalue weighted by atomic mass is 16.7. The second-order valence-corrected chi connectivity index (χ2v) is 8.76. The molecule has 0 aliphatic carbocycles. The van der Waals surface area contributed by atoms with Gasteiger partial charge in [-0.05, 0) is 40.3 Å². The van der Waals surface area contributed by atoms with E-state index in [0.29, 0.717) is 0 Å². The van der Waals surface area contributed by atoms with Crippen LogP contribution in [0.1, 0.15) is 36.1 Å². The Bertz CT molecular complexity index is 1180. The second kappa shape index (κ2) is 11.8. The zero-order chi connectivity index (χ0) is 25.2. The summed E-state index contributed by atoms with van der Waals surface area (Å²) in [6.07, 6.45) is 6.04. The first-order valence-electron chi connectivity index (χ1n) is 11.9. The first-order chi connectivity index (χ1) is 17.5. The number of hydrogen-bond donors (Lipinski definition) is 0. The van der Waals surface area contributed by atoms with Gasteiger partial charge in [-0.3, -0.25) is 0 Å². The highest BCUT2D eigenvalue weighted by molar-refractivity contribution is 5.88. The lowest BCUT2D eigenvalue weighted by Gasteiger charge is -2.22. The Morgan fingerprint density at radius 3 is 1.19 bits per heavy atom. The maximum absolute atomic E-state index is 11.5. The van der Waals surface area contributed by atoms with Crippen molar-refractivity contribution >= 4 is 23.3 Å². The van der Waals surface area contributed by atoms with Crippen molar-refractivity contribution in [1.82, 2.24) is 0 Å². The van der Waals surface area contributed by atoms with Crippen molar-refractivity contribution in [2.75, 3.05) is 0 Å². The van der Waals surface area contributed by atoms with Gasteiger partial charge in [0.15, 0.2) is 0 Å². The SMILES string of the molecule is CC(=O)O/N=C\C(C)(C=C(c1ccccc1)c1ccccc1)C=C(c1ccccc1)c1ccccc1. The minimum absolute atomic E-state index is 0.459. The summed E-state index contributed by atoms with van der Waals surface area (Å²) in [6.45, 7) is 3.41. The quantitative estimate of drug-likeness (QED) is 0.149. The standard InChI is InChI=1S/C33H29NO2/c1-26(35)36-34-25-33(2,23-31(27-15-7-3-8-16-27)28-17-9-4-10-18-28)24-32(29-19-11-5-12-20-29)30-21-13-6-14-22-30/h3-25H,1-2H3/b34-25-. The maximum atomic E-state index is 11.5. The fourth-order valence-electron chi connectivity index (χ4n) is 4.09. The predicted molar refractivity (Wildman–Crippen MR) is 148 cm³/mol. The van der Waals surface area contributed by atoms with E-state index in [1.54, 1.807) is 6.21 Å². The molecular formula is C33H29NO2. The second-order valence-electron chi connectivity index (χ2n) is 8.76. The van der Waals surface area contributed by atoms with E-state index in [1.807, 2.05) is 72.8 Å². The Morgan fingerprint density at radius 2 is 0.917 bits per heavy atom. The zero-order valence-corrected chi connectivity index (χ0v) is 20.5. The number of rotatable bonds is 8. The molecule has 0 amide bonds. The molecule has 0 radical (unpaired) electrons. The molecule has 4 aromatic carbocycles. The van der Waals surface area contributed by atoms with Crippen molar-refractivity contribution in [2.45, 2.75) is 13.8 Å². The first kappa shape index (κ1) is 24.6. The molecule has 4 rings (SSSR count). The molecule has 0 heterocycles. The molecule has 0 aliphatic heterocycles. The number of oxime groups is 1. The topological polar surface area (TPSA) is 38.7 Å². The van der Waals surface area contributed by atoms with E-state index in [0.717, 1.165) is 33.4 Å². The first-order valence-corrected chi connectivity index (χ1v) is 11.9. The van der Waals surface area contributed by atoms with E-state index in [1.165, 1.54) is 6.92 Å². The van der Waals surface area contributed by atoms with Gasteiger partial charge in [0, 0.05) is 12.3 Å². The summed E-state index contributed by atoms with van der Waals surface area (Å²) in [6, 6.07) is 41.1. The summed E-state index contributed by atoms with van der Waals surface area (Å²) < 4.78 is 0. The number of nitrogens with zero attached hydrogens (tertiary/aromatic N) is 1. The monoisotopic (exact) mass is 471 g/mol. The molecule has 0 bridgehead atoms. The summed E-state index contributed by atoms with van der Waals surface area (Å²) in [5.74, 6) is -0.459. The van der Waals surface area contributed by atoms with Gasteiger partial charge in [0.25, 0.3) is 0 Å². The Morgan fingerprint density at radius 1 is 0.611 bits per heavy atom. The third kappa shape index (κ3) is 6.55. The lowest BCUT2D eigenvalue weighted by atomic mass is 9.81. The van der Waals surface area contributed by atoms with Crippen LogP contribution in [0.2, 0.25) is 0 Å². The molecule has 0 spiro atoms. The van der Waals surface area contributed by atoms with Gasteiger partial charge in [0.05, 0.1) is 6.21 Å². The Labute approximate surface area is 213 Å². The summed E-state index contributed by atoms with van der Waals surface area (Å²) in [4.78, 5) is 16.5. The lowest BCUT2D eigenvalue weighted by molar-refractivity contribution is -0.140. The van der Waals surface area contributed by atoms with E-state index in [4.69, 9.17) is 4.84 Å². The number of allylic oxidation sites excluding steroid dienone is 2. The summed E-state index contributed by atoms with van der Waals surface area (Å²) in [5, 5.41) is 4.06. The molecule has 0 saturated heterocycles. The molecule has 4 aromatic rings. The Hall–Kier alpha value is -4.50. The maximum Gasteiger partial charge on any atom is 0.331 e. The van der Waals surface area contributed by atoms with Gasteiger partial charge in [0.2, 0.25) is 0 Å². The van der Waals surface area contributed by atoms with Crippen molar-refractivity contribution in [2.24, 2.45) is 10.6 Å². The fraction of sp³-hybridized carbons (Fsp3) is 0.0909. The van der Waals surface area contributed by atoms with Gasteiger partial charge < -0.3 is 4.84 Å². The molecule has 0 aliphatic rings. The van der Waals surface area contributed by atoms with Gasteiger partial charge in [-0.1, -0.05) is 139 Å². The number of carbonyl (C=O) groups is 1. The summed E-state index contributed by atoms with van der Waals surface area (Å²) >= 11 is 0.